The van der Waals surface area contributed by atoms with E-state index in [9.17, 15) is 4.79 Å². The van der Waals surface area contributed by atoms with E-state index in [0.717, 1.165) is 12.8 Å². The average Bonchev–Trinajstić information content (AvgIpc) is 2.83. The molecule has 0 aliphatic carbocycles. The molecule has 2 rings (SSSR count). The Morgan fingerprint density at radius 3 is 3.00 bits per heavy atom. The lowest BCUT2D eigenvalue weighted by atomic mass is 10.2. The molecule has 6 heteroatoms. The summed E-state index contributed by atoms with van der Waals surface area (Å²) in [6.45, 7) is 0.645. The van der Waals surface area contributed by atoms with E-state index >= 15 is 0 Å². The molecule has 86 valence electrons. The van der Waals surface area contributed by atoms with Crippen molar-refractivity contribution >= 4 is 11.7 Å². The van der Waals surface area contributed by atoms with Crippen molar-refractivity contribution in [3.8, 4) is 5.88 Å². The SMILES string of the molecule is COc1cnc(NC(=O)[C@@H]2CCCO2)cn1. The summed E-state index contributed by atoms with van der Waals surface area (Å²) >= 11 is 0. The van der Waals surface area contributed by atoms with Crippen molar-refractivity contribution in [3.63, 3.8) is 0 Å². The van der Waals surface area contributed by atoms with Gasteiger partial charge in [-0.2, -0.15) is 0 Å². The van der Waals surface area contributed by atoms with E-state index in [-0.39, 0.29) is 12.0 Å². The molecule has 1 aliphatic rings. The zero-order valence-corrected chi connectivity index (χ0v) is 8.97. The van der Waals surface area contributed by atoms with Gasteiger partial charge in [0.05, 0.1) is 19.5 Å². The highest BCUT2D eigenvalue weighted by Gasteiger charge is 2.23. The van der Waals surface area contributed by atoms with Crippen LogP contribution in [0.2, 0.25) is 0 Å². The van der Waals surface area contributed by atoms with Crippen molar-refractivity contribution < 1.29 is 14.3 Å². The predicted octanol–water partition coefficient (Wildman–Crippen LogP) is 0.603. The minimum Gasteiger partial charge on any atom is -0.480 e. The molecule has 0 spiro atoms. The summed E-state index contributed by atoms with van der Waals surface area (Å²) in [5.74, 6) is 0.647. The standard InChI is InChI=1S/C10H13N3O3/c1-15-9-6-11-8(5-12-9)13-10(14)7-3-2-4-16-7/h5-7H,2-4H2,1H3,(H,11,13,14)/t7-/m0/s1. The fraction of sp³-hybridized carbons (Fsp3) is 0.500. The first-order valence-corrected chi connectivity index (χ1v) is 5.08. The molecule has 1 aromatic heterocycles. The van der Waals surface area contributed by atoms with E-state index in [4.69, 9.17) is 9.47 Å². The van der Waals surface area contributed by atoms with Gasteiger partial charge in [-0.15, -0.1) is 0 Å². The van der Waals surface area contributed by atoms with Gasteiger partial charge in [0.2, 0.25) is 5.88 Å². The lowest BCUT2D eigenvalue weighted by Crippen LogP contribution is -2.27. The number of carbonyl (C=O) groups excluding carboxylic acids is 1. The summed E-state index contributed by atoms with van der Waals surface area (Å²) < 4.78 is 10.1. The molecule has 1 N–H and O–H groups in total. The van der Waals surface area contributed by atoms with Crippen LogP contribution >= 0.6 is 0 Å². The van der Waals surface area contributed by atoms with Crippen LogP contribution < -0.4 is 10.1 Å². The molecule has 0 radical (unpaired) electrons. The number of hydrogen-bond donors (Lipinski definition) is 1. The van der Waals surface area contributed by atoms with E-state index in [1.807, 2.05) is 0 Å². The Morgan fingerprint density at radius 2 is 2.44 bits per heavy atom. The quantitative estimate of drug-likeness (QED) is 0.812. The van der Waals surface area contributed by atoms with E-state index in [1.165, 1.54) is 19.5 Å². The van der Waals surface area contributed by atoms with Gasteiger partial charge in [0.15, 0.2) is 5.82 Å². The summed E-state index contributed by atoms with van der Waals surface area (Å²) in [5, 5.41) is 2.64. The Kier molecular flexibility index (Phi) is 3.31. The maximum absolute atomic E-state index is 11.6. The molecule has 0 unspecified atom stereocenters. The van der Waals surface area contributed by atoms with Crippen LogP contribution in [0.4, 0.5) is 5.82 Å². The second-order valence-corrected chi connectivity index (χ2v) is 3.43. The summed E-state index contributed by atoms with van der Waals surface area (Å²) in [4.78, 5) is 19.6. The van der Waals surface area contributed by atoms with Gasteiger partial charge in [0, 0.05) is 6.61 Å². The Balaban J connectivity index is 1.94. The van der Waals surface area contributed by atoms with Gasteiger partial charge in [-0.3, -0.25) is 4.79 Å². The molecule has 0 aromatic carbocycles. The van der Waals surface area contributed by atoms with Crippen LogP contribution in [0.25, 0.3) is 0 Å². The van der Waals surface area contributed by atoms with Crippen LogP contribution in [0.15, 0.2) is 12.4 Å². The van der Waals surface area contributed by atoms with Gasteiger partial charge in [-0.25, -0.2) is 9.97 Å². The average molecular weight is 223 g/mol. The highest BCUT2D eigenvalue weighted by molar-refractivity contribution is 5.93. The molecule has 1 fully saturated rings. The molecule has 6 nitrogen and oxygen atoms in total. The number of methoxy groups -OCH3 is 1. The van der Waals surface area contributed by atoms with E-state index in [2.05, 4.69) is 15.3 Å². The van der Waals surface area contributed by atoms with Crippen LogP contribution in [-0.4, -0.2) is 35.7 Å². The second-order valence-electron chi connectivity index (χ2n) is 3.43. The predicted molar refractivity (Wildman–Crippen MR) is 56.2 cm³/mol. The summed E-state index contributed by atoms with van der Waals surface area (Å²) in [6.07, 6.45) is 4.22. The smallest absolute Gasteiger partial charge is 0.254 e. The summed E-state index contributed by atoms with van der Waals surface area (Å²) in [7, 11) is 1.51. The number of carbonyl (C=O) groups is 1. The Labute approximate surface area is 93.0 Å². The molecule has 0 bridgehead atoms. The van der Waals surface area contributed by atoms with Crippen LogP contribution in [0, 0.1) is 0 Å². The molecule has 1 saturated heterocycles. The molecular formula is C10H13N3O3. The van der Waals surface area contributed by atoms with Crippen LogP contribution in [0.3, 0.4) is 0 Å². The highest BCUT2D eigenvalue weighted by Crippen LogP contribution is 2.14. The number of nitrogens with one attached hydrogen (secondary N) is 1. The fourth-order valence-electron chi connectivity index (χ4n) is 1.48. The molecule has 0 saturated carbocycles. The van der Waals surface area contributed by atoms with Gasteiger partial charge in [-0.05, 0) is 12.8 Å². The molecule has 1 aliphatic heterocycles. The van der Waals surface area contributed by atoms with Crippen molar-refractivity contribution in [3.05, 3.63) is 12.4 Å². The van der Waals surface area contributed by atoms with Crippen LogP contribution in [0.5, 0.6) is 5.88 Å². The normalized spacial score (nSPS) is 19.4. The first-order chi connectivity index (χ1) is 7.79. The molecular weight excluding hydrogens is 210 g/mol. The molecule has 2 heterocycles. The zero-order chi connectivity index (χ0) is 11.4. The second kappa shape index (κ2) is 4.89. The maximum atomic E-state index is 11.6. The Morgan fingerprint density at radius 1 is 1.56 bits per heavy atom. The van der Waals surface area contributed by atoms with Crippen molar-refractivity contribution in [2.24, 2.45) is 0 Å². The first kappa shape index (κ1) is 10.8. The summed E-state index contributed by atoms with van der Waals surface area (Å²) in [6, 6.07) is 0. The number of amides is 1. The minimum absolute atomic E-state index is 0.169. The number of nitrogens with zero attached hydrogens (tertiary/aromatic N) is 2. The number of hydrogen-bond acceptors (Lipinski definition) is 5. The van der Waals surface area contributed by atoms with Crippen LogP contribution in [-0.2, 0) is 9.53 Å². The molecule has 1 amide bonds. The van der Waals surface area contributed by atoms with Gasteiger partial charge < -0.3 is 14.8 Å². The van der Waals surface area contributed by atoms with Crippen LogP contribution in [0.1, 0.15) is 12.8 Å². The lowest BCUT2D eigenvalue weighted by molar-refractivity contribution is -0.124. The number of anilines is 1. The van der Waals surface area contributed by atoms with Gasteiger partial charge in [0.1, 0.15) is 6.10 Å². The highest BCUT2D eigenvalue weighted by atomic mass is 16.5. The first-order valence-electron chi connectivity index (χ1n) is 5.08. The monoisotopic (exact) mass is 223 g/mol. The number of rotatable bonds is 3. The number of ether oxygens (including phenoxy) is 2. The van der Waals surface area contributed by atoms with E-state index in [0.29, 0.717) is 18.3 Å². The van der Waals surface area contributed by atoms with Crippen molar-refractivity contribution in [2.45, 2.75) is 18.9 Å². The lowest BCUT2D eigenvalue weighted by Gasteiger charge is -2.09. The van der Waals surface area contributed by atoms with Gasteiger partial charge >= 0.3 is 0 Å². The van der Waals surface area contributed by atoms with Gasteiger partial charge in [-0.1, -0.05) is 0 Å². The Hall–Kier alpha value is -1.69. The minimum atomic E-state index is -0.357. The third kappa shape index (κ3) is 2.46. The Bertz CT molecular complexity index is 360. The van der Waals surface area contributed by atoms with Crippen molar-refractivity contribution in [1.29, 1.82) is 0 Å². The maximum Gasteiger partial charge on any atom is 0.254 e. The number of aromatic nitrogens is 2. The van der Waals surface area contributed by atoms with Crippen molar-refractivity contribution in [2.75, 3.05) is 19.0 Å². The third-order valence-electron chi connectivity index (χ3n) is 2.31. The van der Waals surface area contributed by atoms with Crippen molar-refractivity contribution in [1.82, 2.24) is 9.97 Å². The molecule has 16 heavy (non-hydrogen) atoms. The fourth-order valence-corrected chi connectivity index (χ4v) is 1.48. The zero-order valence-electron chi connectivity index (χ0n) is 8.97. The molecule has 1 aromatic rings. The third-order valence-corrected chi connectivity index (χ3v) is 2.31. The summed E-state index contributed by atoms with van der Waals surface area (Å²) in [5.41, 5.74) is 0. The largest absolute Gasteiger partial charge is 0.480 e. The van der Waals surface area contributed by atoms with Gasteiger partial charge in [0.25, 0.3) is 5.91 Å². The van der Waals surface area contributed by atoms with E-state index in [1.54, 1.807) is 0 Å². The molecule has 1 atom stereocenters. The van der Waals surface area contributed by atoms with E-state index < -0.39 is 0 Å². The topological polar surface area (TPSA) is 73.3 Å².